The van der Waals surface area contributed by atoms with Gasteiger partial charge in [-0.15, -0.1) is 0 Å². The Hall–Kier alpha value is -4.81. The van der Waals surface area contributed by atoms with E-state index in [0.29, 0.717) is 27.9 Å². The SMILES string of the molecule is Cc1cc(C)c(-c2ccccc2-c2c(C(=O)c3ccccc3)cnc(-c3ccccc3)c2C#N)c(C)c1. The van der Waals surface area contributed by atoms with Crippen LogP contribution in [0.15, 0.2) is 103 Å². The van der Waals surface area contributed by atoms with Crippen LogP contribution in [0, 0.1) is 32.1 Å². The molecule has 3 heteroatoms. The molecule has 0 fully saturated rings. The number of ketones is 1. The van der Waals surface area contributed by atoms with Gasteiger partial charge in [0.2, 0.25) is 0 Å². The number of nitriles is 1. The first-order valence-electron chi connectivity index (χ1n) is 12.3. The fourth-order valence-corrected chi connectivity index (χ4v) is 5.16. The van der Waals surface area contributed by atoms with Crippen molar-refractivity contribution < 1.29 is 4.79 Å². The normalized spacial score (nSPS) is 10.6. The molecular formula is C34H26N2O. The zero-order chi connectivity index (χ0) is 25.9. The summed E-state index contributed by atoms with van der Waals surface area (Å²) in [4.78, 5) is 18.5. The summed E-state index contributed by atoms with van der Waals surface area (Å²) >= 11 is 0. The molecule has 0 saturated heterocycles. The van der Waals surface area contributed by atoms with Crippen molar-refractivity contribution in [1.82, 2.24) is 4.98 Å². The Morgan fingerprint density at radius 1 is 0.730 bits per heavy atom. The van der Waals surface area contributed by atoms with Gasteiger partial charge in [-0.2, -0.15) is 5.26 Å². The molecule has 4 aromatic carbocycles. The number of hydrogen-bond donors (Lipinski definition) is 0. The lowest BCUT2D eigenvalue weighted by Gasteiger charge is -2.20. The van der Waals surface area contributed by atoms with E-state index in [4.69, 9.17) is 0 Å². The molecule has 0 spiro atoms. The van der Waals surface area contributed by atoms with Gasteiger partial charge in [0.25, 0.3) is 0 Å². The number of rotatable bonds is 5. The van der Waals surface area contributed by atoms with Crippen LogP contribution in [0.4, 0.5) is 0 Å². The van der Waals surface area contributed by atoms with Crippen molar-refractivity contribution >= 4 is 5.78 Å². The molecule has 5 aromatic rings. The van der Waals surface area contributed by atoms with Gasteiger partial charge >= 0.3 is 0 Å². The molecular weight excluding hydrogens is 452 g/mol. The summed E-state index contributed by atoms with van der Waals surface area (Å²) in [6.45, 7) is 6.31. The number of nitrogens with zero attached hydrogens (tertiary/aromatic N) is 2. The lowest BCUT2D eigenvalue weighted by Crippen LogP contribution is -2.08. The predicted octanol–water partition coefficient (Wildman–Crippen LogP) is 8.11. The first-order valence-corrected chi connectivity index (χ1v) is 12.3. The van der Waals surface area contributed by atoms with E-state index in [-0.39, 0.29) is 5.78 Å². The van der Waals surface area contributed by atoms with Crippen molar-refractivity contribution in [1.29, 1.82) is 5.26 Å². The van der Waals surface area contributed by atoms with Gasteiger partial charge in [0.1, 0.15) is 6.07 Å². The number of aromatic nitrogens is 1. The van der Waals surface area contributed by atoms with Crippen LogP contribution in [0.2, 0.25) is 0 Å². The van der Waals surface area contributed by atoms with Crippen LogP contribution in [0.3, 0.4) is 0 Å². The van der Waals surface area contributed by atoms with Crippen LogP contribution in [0.25, 0.3) is 33.5 Å². The highest BCUT2D eigenvalue weighted by Crippen LogP contribution is 2.41. The number of benzene rings is 4. The second kappa shape index (κ2) is 10.0. The monoisotopic (exact) mass is 478 g/mol. The Bertz CT molecular complexity index is 1640. The van der Waals surface area contributed by atoms with Gasteiger partial charge in [-0.05, 0) is 48.6 Å². The molecule has 0 atom stereocenters. The number of carbonyl (C=O) groups excluding carboxylic acids is 1. The van der Waals surface area contributed by atoms with Crippen LogP contribution >= 0.6 is 0 Å². The molecule has 1 heterocycles. The third-order valence-corrected chi connectivity index (χ3v) is 6.66. The second-order valence-corrected chi connectivity index (χ2v) is 9.26. The van der Waals surface area contributed by atoms with Crippen LogP contribution < -0.4 is 0 Å². The number of carbonyl (C=O) groups is 1. The molecule has 0 N–H and O–H groups in total. The van der Waals surface area contributed by atoms with E-state index < -0.39 is 0 Å². The van der Waals surface area contributed by atoms with Crippen molar-refractivity contribution in [3.8, 4) is 39.6 Å². The highest BCUT2D eigenvalue weighted by atomic mass is 16.1. The third kappa shape index (κ3) is 4.46. The first kappa shape index (κ1) is 23.9. The summed E-state index contributed by atoms with van der Waals surface area (Å²) in [6, 6.07) is 33.6. The van der Waals surface area contributed by atoms with Crippen molar-refractivity contribution in [3.63, 3.8) is 0 Å². The zero-order valence-corrected chi connectivity index (χ0v) is 21.1. The Morgan fingerprint density at radius 3 is 1.86 bits per heavy atom. The average Bonchev–Trinajstić information content (AvgIpc) is 2.92. The van der Waals surface area contributed by atoms with E-state index in [0.717, 1.165) is 33.4 Å². The van der Waals surface area contributed by atoms with Crippen molar-refractivity contribution in [2.45, 2.75) is 20.8 Å². The predicted molar refractivity (Wildman–Crippen MR) is 149 cm³/mol. The molecule has 0 radical (unpaired) electrons. The van der Waals surface area contributed by atoms with E-state index in [2.05, 4.69) is 50.0 Å². The molecule has 178 valence electrons. The smallest absolute Gasteiger partial charge is 0.195 e. The topological polar surface area (TPSA) is 53.8 Å². The van der Waals surface area contributed by atoms with Gasteiger partial charge in [-0.25, -0.2) is 0 Å². The molecule has 0 unspecified atom stereocenters. The maximum atomic E-state index is 13.8. The highest BCUT2D eigenvalue weighted by Gasteiger charge is 2.25. The number of hydrogen-bond acceptors (Lipinski definition) is 3. The number of aryl methyl sites for hydroxylation is 3. The van der Waals surface area contributed by atoms with Crippen LogP contribution in [-0.4, -0.2) is 10.8 Å². The molecule has 5 rings (SSSR count). The fraction of sp³-hybridized carbons (Fsp3) is 0.0882. The summed E-state index contributed by atoms with van der Waals surface area (Å²) in [5, 5.41) is 10.5. The summed E-state index contributed by atoms with van der Waals surface area (Å²) in [5.41, 5.74) is 9.81. The minimum atomic E-state index is -0.161. The Kier molecular flexibility index (Phi) is 6.49. The maximum Gasteiger partial charge on any atom is 0.195 e. The Morgan fingerprint density at radius 2 is 1.27 bits per heavy atom. The Balaban J connectivity index is 1.87. The first-order chi connectivity index (χ1) is 18.0. The van der Waals surface area contributed by atoms with Gasteiger partial charge in [-0.1, -0.05) is 103 Å². The summed E-state index contributed by atoms with van der Waals surface area (Å²) in [6.07, 6.45) is 1.62. The van der Waals surface area contributed by atoms with E-state index in [1.165, 1.54) is 5.56 Å². The number of pyridine rings is 1. The van der Waals surface area contributed by atoms with Crippen LogP contribution in [-0.2, 0) is 0 Å². The molecule has 0 amide bonds. The molecule has 0 saturated carbocycles. The minimum Gasteiger partial charge on any atom is -0.289 e. The zero-order valence-electron chi connectivity index (χ0n) is 21.1. The van der Waals surface area contributed by atoms with E-state index >= 15 is 0 Å². The second-order valence-electron chi connectivity index (χ2n) is 9.26. The quantitative estimate of drug-likeness (QED) is 0.240. The van der Waals surface area contributed by atoms with Crippen molar-refractivity contribution in [3.05, 3.63) is 137 Å². The van der Waals surface area contributed by atoms with Gasteiger partial charge < -0.3 is 0 Å². The highest BCUT2D eigenvalue weighted by molar-refractivity contribution is 6.14. The lowest BCUT2D eigenvalue weighted by molar-refractivity contribution is 0.103. The molecule has 0 bridgehead atoms. The third-order valence-electron chi connectivity index (χ3n) is 6.66. The van der Waals surface area contributed by atoms with Crippen molar-refractivity contribution in [2.24, 2.45) is 0 Å². The van der Waals surface area contributed by atoms with Crippen molar-refractivity contribution in [2.75, 3.05) is 0 Å². The molecule has 37 heavy (non-hydrogen) atoms. The van der Waals surface area contributed by atoms with Gasteiger partial charge in [0, 0.05) is 22.9 Å². The van der Waals surface area contributed by atoms with Gasteiger partial charge in [0.15, 0.2) is 5.78 Å². The van der Waals surface area contributed by atoms with Gasteiger partial charge in [0.05, 0.1) is 16.8 Å². The molecule has 0 aliphatic carbocycles. The van der Waals surface area contributed by atoms with E-state index in [9.17, 15) is 10.1 Å². The lowest BCUT2D eigenvalue weighted by atomic mass is 9.84. The average molecular weight is 479 g/mol. The molecule has 0 aliphatic heterocycles. The standard InChI is InChI=1S/C34H26N2O/c1-22-18-23(2)31(24(3)19-22)27-16-10-11-17-28(27)32-29(20-35)33(25-12-6-4-7-13-25)36-21-30(32)34(37)26-14-8-5-9-15-26/h4-19,21H,1-3H3. The molecule has 0 aliphatic rings. The molecule has 3 nitrogen and oxygen atoms in total. The van der Waals surface area contributed by atoms with E-state index in [1.54, 1.807) is 18.3 Å². The summed E-state index contributed by atoms with van der Waals surface area (Å²) < 4.78 is 0. The van der Waals surface area contributed by atoms with Gasteiger partial charge in [-0.3, -0.25) is 9.78 Å². The maximum absolute atomic E-state index is 13.8. The minimum absolute atomic E-state index is 0.161. The van der Waals surface area contributed by atoms with E-state index in [1.807, 2.05) is 66.7 Å². The summed E-state index contributed by atoms with van der Waals surface area (Å²) in [5.74, 6) is -0.161. The van der Waals surface area contributed by atoms with Crippen LogP contribution in [0.5, 0.6) is 0 Å². The Labute approximate surface area is 217 Å². The fourth-order valence-electron chi connectivity index (χ4n) is 5.16. The summed E-state index contributed by atoms with van der Waals surface area (Å²) in [7, 11) is 0. The molecule has 1 aromatic heterocycles. The largest absolute Gasteiger partial charge is 0.289 e. The van der Waals surface area contributed by atoms with Crippen LogP contribution in [0.1, 0.15) is 38.2 Å².